The molecule has 0 radical (unpaired) electrons. The number of H-pyrrole nitrogens is 1. The minimum atomic E-state index is -0.540. The van der Waals surface area contributed by atoms with Crippen LogP contribution in [0.4, 0.5) is 4.39 Å². The molecule has 0 spiro atoms. The van der Waals surface area contributed by atoms with Crippen LogP contribution in [0.3, 0.4) is 0 Å². The van der Waals surface area contributed by atoms with E-state index in [-0.39, 0.29) is 11.5 Å². The normalized spacial score (nSPS) is 11.2. The maximum absolute atomic E-state index is 13.7. The number of pyridine rings is 1. The van der Waals surface area contributed by atoms with Gasteiger partial charge in [0.1, 0.15) is 11.4 Å². The van der Waals surface area contributed by atoms with Crippen molar-refractivity contribution in [2.45, 2.75) is 0 Å². The molecule has 0 fully saturated rings. The van der Waals surface area contributed by atoms with Crippen LogP contribution in [0.5, 0.6) is 0 Å². The van der Waals surface area contributed by atoms with E-state index in [0.29, 0.717) is 33.7 Å². The third-order valence-electron chi connectivity index (χ3n) is 3.48. The number of hydrogen-bond acceptors (Lipinski definition) is 5. The summed E-state index contributed by atoms with van der Waals surface area (Å²) in [4.78, 5) is 23.0. The number of furan rings is 1. The maximum atomic E-state index is 13.7. The van der Waals surface area contributed by atoms with E-state index in [4.69, 9.17) is 4.42 Å². The summed E-state index contributed by atoms with van der Waals surface area (Å²) >= 11 is 0. The van der Waals surface area contributed by atoms with Crippen molar-refractivity contribution in [2.24, 2.45) is 0 Å². The molecule has 0 aliphatic carbocycles. The number of aromatic amines is 1. The number of esters is 1. The highest BCUT2D eigenvalue weighted by atomic mass is 19.1. The summed E-state index contributed by atoms with van der Waals surface area (Å²) in [6.45, 7) is 0. The van der Waals surface area contributed by atoms with Crippen molar-refractivity contribution in [3.05, 3.63) is 47.9 Å². The molecule has 0 atom stereocenters. The molecule has 6 nitrogen and oxygen atoms in total. The van der Waals surface area contributed by atoms with Gasteiger partial charge >= 0.3 is 5.97 Å². The zero-order chi connectivity index (χ0) is 16.0. The quantitative estimate of drug-likeness (QED) is 0.574. The maximum Gasteiger partial charge on any atom is 0.356 e. The third kappa shape index (κ3) is 2.13. The van der Waals surface area contributed by atoms with Gasteiger partial charge in [-0.1, -0.05) is 6.07 Å². The number of hydrogen-bond donors (Lipinski definition) is 1. The van der Waals surface area contributed by atoms with E-state index >= 15 is 0 Å². The lowest BCUT2D eigenvalue weighted by molar-refractivity contribution is 0.0594. The number of fused-ring (bicyclic) bond motifs is 2. The topological polar surface area (TPSA) is 81.0 Å². The van der Waals surface area contributed by atoms with E-state index in [9.17, 15) is 9.18 Å². The number of carbonyl (C=O) groups is 1. The standard InChI is InChI=1S/C16H10FN3O3/c1-22-16(21)11-6-5-10-14(19-11)20-15(18-10)13-7-8-9(17)3-2-4-12(8)23-13/h2-7H,1H3,(H,18,19,20). The van der Waals surface area contributed by atoms with E-state index in [2.05, 4.69) is 19.7 Å². The monoisotopic (exact) mass is 311 g/mol. The van der Waals surface area contributed by atoms with Crippen molar-refractivity contribution in [2.75, 3.05) is 7.11 Å². The summed E-state index contributed by atoms with van der Waals surface area (Å²) in [5.74, 6) is -0.102. The highest BCUT2D eigenvalue weighted by Crippen LogP contribution is 2.28. The first-order chi connectivity index (χ1) is 11.2. The number of rotatable bonds is 2. The Balaban J connectivity index is 1.84. The first-order valence-corrected chi connectivity index (χ1v) is 6.79. The number of aromatic nitrogens is 3. The van der Waals surface area contributed by atoms with Crippen LogP contribution in [0.15, 0.2) is 40.8 Å². The highest BCUT2D eigenvalue weighted by Gasteiger charge is 2.15. The minimum Gasteiger partial charge on any atom is -0.464 e. The van der Waals surface area contributed by atoms with Gasteiger partial charge in [-0.25, -0.2) is 19.2 Å². The fourth-order valence-corrected chi connectivity index (χ4v) is 2.37. The summed E-state index contributed by atoms with van der Waals surface area (Å²) in [5.41, 5.74) is 1.58. The molecule has 3 heterocycles. The number of nitrogens with zero attached hydrogens (tertiary/aromatic N) is 2. The van der Waals surface area contributed by atoms with Crippen LogP contribution in [0, 0.1) is 5.82 Å². The predicted octanol–water partition coefficient (Wildman–Crippen LogP) is 3.30. The van der Waals surface area contributed by atoms with Gasteiger partial charge in [-0.2, -0.15) is 0 Å². The number of imidazole rings is 1. The molecule has 0 unspecified atom stereocenters. The number of halogens is 1. The van der Waals surface area contributed by atoms with Crippen LogP contribution in [0.2, 0.25) is 0 Å². The minimum absolute atomic E-state index is 0.161. The first kappa shape index (κ1) is 13.4. The largest absolute Gasteiger partial charge is 0.464 e. The Morgan fingerprint density at radius 3 is 2.91 bits per heavy atom. The van der Waals surface area contributed by atoms with E-state index in [0.717, 1.165) is 0 Å². The number of carbonyl (C=O) groups excluding carboxylic acids is 1. The zero-order valence-electron chi connectivity index (χ0n) is 12.0. The molecule has 0 amide bonds. The molecular weight excluding hydrogens is 301 g/mol. The van der Waals surface area contributed by atoms with Gasteiger partial charge in [0.2, 0.25) is 0 Å². The molecule has 7 heteroatoms. The number of benzene rings is 1. The van der Waals surface area contributed by atoms with Gasteiger partial charge in [0, 0.05) is 0 Å². The Bertz CT molecular complexity index is 1050. The Hall–Kier alpha value is -3.22. The second kappa shape index (κ2) is 4.91. The first-order valence-electron chi connectivity index (χ1n) is 6.79. The van der Waals surface area contributed by atoms with E-state index in [1.54, 1.807) is 24.3 Å². The Morgan fingerprint density at radius 2 is 2.13 bits per heavy atom. The fraction of sp³-hybridized carbons (Fsp3) is 0.0625. The highest BCUT2D eigenvalue weighted by molar-refractivity contribution is 5.90. The van der Waals surface area contributed by atoms with Crippen molar-refractivity contribution in [3.8, 4) is 11.6 Å². The molecular formula is C16H10FN3O3. The fourth-order valence-electron chi connectivity index (χ4n) is 2.37. The second-order valence-electron chi connectivity index (χ2n) is 4.91. The van der Waals surface area contributed by atoms with Gasteiger partial charge in [0.25, 0.3) is 0 Å². The van der Waals surface area contributed by atoms with Crippen LogP contribution in [-0.2, 0) is 4.74 Å². The summed E-state index contributed by atoms with van der Waals surface area (Å²) in [5, 5.41) is 0.381. The zero-order valence-corrected chi connectivity index (χ0v) is 12.0. The number of methoxy groups -OCH3 is 1. The van der Waals surface area contributed by atoms with Gasteiger partial charge in [0.05, 0.1) is 18.0 Å². The predicted molar refractivity (Wildman–Crippen MR) is 80.4 cm³/mol. The van der Waals surface area contributed by atoms with Gasteiger partial charge in [0.15, 0.2) is 22.9 Å². The molecule has 0 saturated heterocycles. The number of nitrogens with one attached hydrogen (secondary N) is 1. The summed E-state index contributed by atoms with van der Waals surface area (Å²) in [7, 11) is 1.28. The van der Waals surface area contributed by atoms with E-state index < -0.39 is 5.97 Å². The van der Waals surface area contributed by atoms with Gasteiger partial charge in [-0.15, -0.1) is 0 Å². The molecule has 4 aromatic rings. The van der Waals surface area contributed by atoms with Crippen molar-refractivity contribution in [1.82, 2.24) is 15.0 Å². The summed E-state index contributed by atoms with van der Waals surface area (Å²) < 4.78 is 24.0. The van der Waals surface area contributed by atoms with Gasteiger partial charge in [-0.3, -0.25) is 0 Å². The molecule has 1 aromatic carbocycles. The average Bonchev–Trinajstić information content (AvgIpc) is 3.17. The molecule has 0 aliphatic heterocycles. The summed E-state index contributed by atoms with van der Waals surface area (Å²) in [6.07, 6.45) is 0. The van der Waals surface area contributed by atoms with E-state index in [1.807, 2.05) is 0 Å². The molecule has 23 heavy (non-hydrogen) atoms. The van der Waals surface area contributed by atoms with Crippen LogP contribution >= 0.6 is 0 Å². The molecule has 4 rings (SSSR count). The van der Waals surface area contributed by atoms with Gasteiger partial charge in [-0.05, 0) is 30.3 Å². The molecule has 0 saturated carbocycles. The van der Waals surface area contributed by atoms with Crippen LogP contribution in [0.1, 0.15) is 10.5 Å². The van der Waals surface area contributed by atoms with Crippen LogP contribution < -0.4 is 0 Å². The lowest BCUT2D eigenvalue weighted by Gasteiger charge is -1.96. The lowest BCUT2D eigenvalue weighted by Crippen LogP contribution is -2.03. The number of ether oxygens (including phenoxy) is 1. The average molecular weight is 311 g/mol. The van der Waals surface area contributed by atoms with Crippen molar-refractivity contribution < 1.29 is 18.3 Å². The Labute approximate surface area is 128 Å². The molecule has 3 aromatic heterocycles. The molecule has 114 valence electrons. The lowest BCUT2D eigenvalue weighted by atomic mass is 10.2. The smallest absolute Gasteiger partial charge is 0.356 e. The van der Waals surface area contributed by atoms with Crippen molar-refractivity contribution in [1.29, 1.82) is 0 Å². The Kier molecular flexibility index (Phi) is 2.87. The molecule has 0 aliphatic rings. The Morgan fingerprint density at radius 1 is 1.26 bits per heavy atom. The van der Waals surface area contributed by atoms with Crippen molar-refractivity contribution >= 4 is 28.1 Å². The molecule has 1 N–H and O–H groups in total. The van der Waals surface area contributed by atoms with Gasteiger partial charge < -0.3 is 14.1 Å². The third-order valence-corrected chi connectivity index (χ3v) is 3.48. The molecule has 0 bridgehead atoms. The van der Waals surface area contributed by atoms with Crippen LogP contribution in [-0.4, -0.2) is 28.0 Å². The van der Waals surface area contributed by atoms with Crippen LogP contribution in [0.25, 0.3) is 33.7 Å². The summed E-state index contributed by atoms with van der Waals surface area (Å²) in [6, 6.07) is 9.41. The van der Waals surface area contributed by atoms with E-state index in [1.165, 1.54) is 19.2 Å². The SMILES string of the molecule is COC(=O)c1ccc2[nH]c(-c3cc4c(F)cccc4o3)nc2n1. The van der Waals surface area contributed by atoms with Crippen molar-refractivity contribution in [3.63, 3.8) is 0 Å². The second-order valence-corrected chi connectivity index (χ2v) is 4.91.